The normalized spacial score (nSPS) is 29.4. The van der Waals surface area contributed by atoms with E-state index in [1.54, 1.807) is 26.9 Å². The molecule has 3 heterocycles. The van der Waals surface area contributed by atoms with E-state index in [1.807, 2.05) is 41.5 Å². The molecule has 0 radical (unpaired) electrons. The molecular weight excluding hydrogens is 470 g/mol. The lowest BCUT2D eigenvalue weighted by Gasteiger charge is -2.43. The maximum Gasteiger partial charge on any atom is 0.249 e. The molecule has 0 saturated carbocycles. The molecule has 3 saturated heterocycles. The van der Waals surface area contributed by atoms with Crippen molar-refractivity contribution in [3.05, 3.63) is 25.3 Å². The number of ether oxygens (including phenoxy) is 1. The van der Waals surface area contributed by atoms with Crippen LogP contribution in [0.4, 0.5) is 0 Å². The number of amides is 3. The van der Waals surface area contributed by atoms with Gasteiger partial charge in [0.05, 0.1) is 30.6 Å². The van der Waals surface area contributed by atoms with Crippen molar-refractivity contribution in [2.45, 2.75) is 96.6 Å². The van der Waals surface area contributed by atoms with Crippen LogP contribution < -0.4 is 0 Å². The lowest BCUT2D eigenvalue weighted by molar-refractivity contribution is -0.155. The smallest absolute Gasteiger partial charge is 0.249 e. The molecule has 1 N–H and O–H groups in total. The molecule has 1 spiro atoms. The largest absolute Gasteiger partial charge is 0.394 e. The van der Waals surface area contributed by atoms with E-state index in [0.717, 1.165) is 6.42 Å². The van der Waals surface area contributed by atoms with Crippen LogP contribution in [-0.2, 0) is 19.1 Å². The van der Waals surface area contributed by atoms with Gasteiger partial charge in [-0.05, 0) is 52.4 Å². The Morgan fingerprint density at radius 1 is 1.22 bits per heavy atom. The maximum atomic E-state index is 14.4. The van der Waals surface area contributed by atoms with Crippen LogP contribution in [0.2, 0.25) is 0 Å². The summed E-state index contributed by atoms with van der Waals surface area (Å²) in [6.45, 7) is 20.6. The van der Waals surface area contributed by atoms with Gasteiger partial charge in [0.25, 0.3) is 0 Å². The monoisotopic (exact) mass is 517 g/mol. The van der Waals surface area contributed by atoms with Crippen LogP contribution in [0.25, 0.3) is 0 Å². The molecule has 8 nitrogen and oxygen atoms in total. The van der Waals surface area contributed by atoms with E-state index in [4.69, 9.17) is 4.74 Å². The van der Waals surface area contributed by atoms with Crippen molar-refractivity contribution in [2.75, 3.05) is 26.2 Å². The second-order valence-corrected chi connectivity index (χ2v) is 12.2. The summed E-state index contributed by atoms with van der Waals surface area (Å²) in [5.41, 5.74) is -1.60. The fraction of sp³-hybridized carbons (Fsp3) is 0.759. The number of nitrogens with zero attached hydrogens (tertiary/aromatic N) is 3. The Hall–Kier alpha value is -2.19. The molecule has 2 bridgehead atoms. The summed E-state index contributed by atoms with van der Waals surface area (Å²) in [4.78, 5) is 47.6. The van der Waals surface area contributed by atoms with Gasteiger partial charge in [-0.3, -0.25) is 14.4 Å². The number of hydrogen-bond donors (Lipinski definition) is 1. The molecule has 0 aromatic carbocycles. The molecule has 0 aromatic rings. The van der Waals surface area contributed by atoms with E-state index >= 15 is 0 Å². The topological polar surface area (TPSA) is 90.4 Å². The zero-order chi connectivity index (χ0) is 27.7. The third-order valence-corrected chi connectivity index (χ3v) is 8.15. The number of carbonyl (C=O) groups excluding carboxylic acids is 3. The van der Waals surface area contributed by atoms with Crippen molar-refractivity contribution in [3.63, 3.8) is 0 Å². The van der Waals surface area contributed by atoms with E-state index in [0.29, 0.717) is 38.9 Å². The highest BCUT2D eigenvalue weighted by atomic mass is 16.5. The second-order valence-electron chi connectivity index (χ2n) is 12.2. The van der Waals surface area contributed by atoms with Crippen molar-refractivity contribution in [1.29, 1.82) is 0 Å². The minimum Gasteiger partial charge on any atom is -0.394 e. The molecule has 0 aromatic heterocycles. The fourth-order valence-corrected chi connectivity index (χ4v) is 6.76. The molecule has 3 aliphatic rings. The molecule has 0 aliphatic carbocycles. The number of carbonyl (C=O) groups is 3. The van der Waals surface area contributed by atoms with Crippen LogP contribution in [0.5, 0.6) is 0 Å². The zero-order valence-corrected chi connectivity index (χ0v) is 23.6. The summed E-state index contributed by atoms with van der Waals surface area (Å²) in [6.07, 6.45) is 5.48. The van der Waals surface area contributed by atoms with Crippen LogP contribution in [0.15, 0.2) is 25.3 Å². The van der Waals surface area contributed by atoms with Crippen LogP contribution in [0, 0.1) is 17.8 Å². The van der Waals surface area contributed by atoms with Crippen LogP contribution >= 0.6 is 0 Å². The lowest BCUT2D eigenvalue weighted by Crippen LogP contribution is -2.61. The van der Waals surface area contributed by atoms with Gasteiger partial charge in [-0.15, -0.1) is 13.2 Å². The van der Waals surface area contributed by atoms with Gasteiger partial charge in [0, 0.05) is 25.2 Å². The molecule has 3 aliphatic heterocycles. The molecule has 2 unspecified atom stereocenters. The Morgan fingerprint density at radius 2 is 1.86 bits per heavy atom. The summed E-state index contributed by atoms with van der Waals surface area (Å²) in [5, 5.41) is 10.4. The summed E-state index contributed by atoms with van der Waals surface area (Å²) >= 11 is 0. The predicted octanol–water partition coefficient (Wildman–Crippen LogP) is 3.01. The molecule has 37 heavy (non-hydrogen) atoms. The third kappa shape index (κ3) is 5.11. The molecule has 6 atom stereocenters. The first-order valence-corrected chi connectivity index (χ1v) is 13.8. The summed E-state index contributed by atoms with van der Waals surface area (Å²) in [6, 6.07) is -1.44. The Balaban J connectivity index is 2.13. The predicted molar refractivity (Wildman–Crippen MR) is 144 cm³/mol. The molecular formula is C29H47N3O5. The maximum absolute atomic E-state index is 14.4. The van der Waals surface area contributed by atoms with E-state index in [2.05, 4.69) is 13.2 Å². The first-order valence-electron chi connectivity index (χ1n) is 13.8. The van der Waals surface area contributed by atoms with Crippen molar-refractivity contribution >= 4 is 17.7 Å². The van der Waals surface area contributed by atoms with Gasteiger partial charge in [0.15, 0.2) is 0 Å². The highest BCUT2D eigenvalue weighted by molar-refractivity contribution is 5.99. The van der Waals surface area contributed by atoms with Gasteiger partial charge in [0.2, 0.25) is 17.7 Å². The fourth-order valence-electron chi connectivity index (χ4n) is 6.76. The number of fused-ring (bicyclic) bond motifs is 1. The van der Waals surface area contributed by atoms with Crippen LogP contribution in [0.3, 0.4) is 0 Å². The summed E-state index contributed by atoms with van der Waals surface area (Å²) in [5.74, 6) is -1.76. The highest BCUT2D eigenvalue weighted by Crippen LogP contribution is 2.59. The molecule has 3 fully saturated rings. The average Bonchev–Trinajstić information content (AvgIpc) is 3.46. The summed E-state index contributed by atoms with van der Waals surface area (Å²) in [7, 11) is 0. The SMILES string of the molecule is C=CCN(CCC)C(=O)[C@@H]1[C@@H]2CCC3(O2)C(C(=O)N(CC=C)C(C)(C)C)N([C@@H](CO)CC(C)C)C(=O)[C@H]13. The van der Waals surface area contributed by atoms with E-state index in [1.165, 1.54) is 0 Å². The average molecular weight is 518 g/mol. The summed E-state index contributed by atoms with van der Waals surface area (Å²) < 4.78 is 6.61. The standard InChI is InChI=1S/C29H47N3O5/c1-9-14-30(15-10-2)25(34)22-21-12-13-29(37-21)23(22)26(35)32(20(18-33)17-19(4)5)24(29)27(36)31(16-11-3)28(6,7)8/h9,11,19-24,33H,1,3,10,12-18H2,2,4-8H3/t20-,21+,22-,23+,24?,29?/m1/s1. The Bertz CT molecular complexity index is 896. The lowest BCUT2D eigenvalue weighted by atomic mass is 9.70. The van der Waals surface area contributed by atoms with Crippen LogP contribution in [0.1, 0.15) is 67.2 Å². The first-order chi connectivity index (χ1) is 17.4. The third-order valence-electron chi connectivity index (χ3n) is 8.15. The highest BCUT2D eigenvalue weighted by Gasteiger charge is 2.75. The van der Waals surface area contributed by atoms with Gasteiger partial charge >= 0.3 is 0 Å². The minimum atomic E-state index is -1.08. The van der Waals surface area contributed by atoms with Crippen molar-refractivity contribution < 1.29 is 24.2 Å². The zero-order valence-electron chi connectivity index (χ0n) is 23.6. The number of aliphatic hydroxyl groups excluding tert-OH is 1. The minimum absolute atomic E-state index is 0.108. The second kappa shape index (κ2) is 11.3. The number of likely N-dealkylation sites (tertiary alicyclic amines) is 1. The Kier molecular flexibility index (Phi) is 8.95. The van der Waals surface area contributed by atoms with Crippen molar-refractivity contribution in [1.82, 2.24) is 14.7 Å². The molecule has 8 heteroatoms. The van der Waals surface area contributed by atoms with Gasteiger partial charge in [-0.1, -0.05) is 32.9 Å². The quantitative estimate of drug-likeness (QED) is 0.402. The van der Waals surface area contributed by atoms with Gasteiger partial charge in [-0.2, -0.15) is 0 Å². The number of aliphatic hydroxyl groups is 1. The molecule has 208 valence electrons. The van der Waals surface area contributed by atoms with Gasteiger partial charge in [-0.25, -0.2) is 0 Å². The molecule has 3 rings (SSSR count). The van der Waals surface area contributed by atoms with Gasteiger partial charge < -0.3 is 24.5 Å². The first kappa shape index (κ1) is 29.4. The van der Waals surface area contributed by atoms with E-state index in [9.17, 15) is 19.5 Å². The Labute approximate surface area is 222 Å². The Morgan fingerprint density at radius 3 is 2.38 bits per heavy atom. The van der Waals surface area contributed by atoms with E-state index < -0.39 is 41.2 Å². The van der Waals surface area contributed by atoms with Gasteiger partial charge in [0.1, 0.15) is 11.6 Å². The van der Waals surface area contributed by atoms with E-state index in [-0.39, 0.29) is 30.2 Å². The van der Waals surface area contributed by atoms with Crippen molar-refractivity contribution in [2.24, 2.45) is 17.8 Å². The van der Waals surface area contributed by atoms with Crippen molar-refractivity contribution in [3.8, 4) is 0 Å². The molecule has 3 amide bonds. The number of hydrogen-bond acceptors (Lipinski definition) is 5. The van der Waals surface area contributed by atoms with Crippen LogP contribution in [-0.4, -0.2) is 93.1 Å². The number of rotatable bonds is 12.